The number of benzene rings is 1. The highest BCUT2D eigenvalue weighted by atomic mass is 35.5. The fourth-order valence-electron chi connectivity index (χ4n) is 3.33. The third kappa shape index (κ3) is 6.04. The first-order valence-corrected chi connectivity index (χ1v) is 12.6. The lowest BCUT2D eigenvalue weighted by atomic mass is 10.1. The maximum absolute atomic E-state index is 13.4. The van der Waals surface area contributed by atoms with E-state index in [4.69, 9.17) is 16.3 Å². The van der Waals surface area contributed by atoms with Gasteiger partial charge in [-0.25, -0.2) is 13.1 Å². The summed E-state index contributed by atoms with van der Waals surface area (Å²) in [6.45, 7) is 6.85. The van der Waals surface area contributed by atoms with Crippen molar-refractivity contribution in [1.82, 2.24) is 9.62 Å². The highest BCUT2D eigenvalue weighted by Gasteiger charge is 2.28. The molecule has 0 saturated carbocycles. The molecule has 1 aliphatic heterocycles. The normalized spacial score (nSPS) is 17.3. The van der Waals surface area contributed by atoms with Gasteiger partial charge in [0.15, 0.2) is 0 Å². The second-order valence-corrected chi connectivity index (χ2v) is 11.5. The minimum absolute atomic E-state index is 0.00743. The first-order chi connectivity index (χ1) is 14.0. The fraction of sp³-hybridized carbons (Fsp3) is 0.476. The molecule has 0 bridgehead atoms. The Morgan fingerprint density at radius 3 is 2.70 bits per heavy atom. The largest absolute Gasteiger partial charge is 0.376 e. The molecular weight excluding hydrogens is 444 g/mol. The van der Waals surface area contributed by atoms with E-state index in [1.165, 1.54) is 12.1 Å². The topological polar surface area (TPSA) is 75.7 Å². The van der Waals surface area contributed by atoms with Crippen LogP contribution in [0.4, 0.5) is 0 Å². The molecule has 1 unspecified atom stereocenters. The van der Waals surface area contributed by atoms with Crippen molar-refractivity contribution in [2.45, 2.75) is 56.7 Å². The zero-order chi connectivity index (χ0) is 21.9. The summed E-state index contributed by atoms with van der Waals surface area (Å²) in [7, 11) is -3.88. The van der Waals surface area contributed by atoms with Crippen LogP contribution >= 0.6 is 22.9 Å². The molecule has 1 atom stereocenters. The molecule has 1 N–H and O–H groups in total. The predicted molar refractivity (Wildman–Crippen MR) is 120 cm³/mol. The number of nitrogens with one attached hydrogen (secondary N) is 1. The number of thiophene rings is 1. The van der Waals surface area contributed by atoms with Crippen molar-refractivity contribution in [3.63, 3.8) is 0 Å². The number of ether oxygens (including phenoxy) is 1. The third-order valence-electron chi connectivity index (χ3n) is 4.57. The third-order valence-corrected chi connectivity index (χ3v) is 7.67. The van der Waals surface area contributed by atoms with Crippen molar-refractivity contribution >= 4 is 38.9 Å². The quantitative estimate of drug-likeness (QED) is 0.654. The van der Waals surface area contributed by atoms with Gasteiger partial charge in [-0.2, -0.15) is 0 Å². The molecule has 164 valence electrons. The van der Waals surface area contributed by atoms with Crippen LogP contribution in [-0.2, 0) is 21.3 Å². The summed E-state index contributed by atoms with van der Waals surface area (Å²) in [5.74, 6) is -0.247. The Balaban J connectivity index is 1.90. The van der Waals surface area contributed by atoms with Gasteiger partial charge in [0, 0.05) is 29.1 Å². The molecule has 2 aromatic rings. The predicted octanol–water partition coefficient (Wildman–Crippen LogP) is 4.30. The molecule has 1 fully saturated rings. The number of carbonyl (C=O) groups excluding carboxylic acids is 1. The van der Waals surface area contributed by atoms with Crippen LogP contribution in [0, 0.1) is 0 Å². The monoisotopic (exact) mass is 470 g/mol. The molecule has 30 heavy (non-hydrogen) atoms. The first kappa shape index (κ1) is 23.2. The van der Waals surface area contributed by atoms with Gasteiger partial charge in [-0.15, -0.1) is 11.3 Å². The van der Waals surface area contributed by atoms with Crippen LogP contribution < -0.4 is 4.72 Å². The standard InChI is InChI=1S/C21H27ClN2O4S2/c1-21(2,3)23-30(26,27)19-12-15(8-9-18(19)22)20(25)24(13-16-6-4-10-28-16)14-17-7-5-11-29-17/h5,7-9,11-12,16,23H,4,6,10,13-14H2,1-3H3. The van der Waals surface area contributed by atoms with Crippen molar-refractivity contribution < 1.29 is 17.9 Å². The smallest absolute Gasteiger partial charge is 0.254 e. The van der Waals surface area contributed by atoms with Crippen molar-refractivity contribution in [1.29, 1.82) is 0 Å². The van der Waals surface area contributed by atoms with E-state index in [2.05, 4.69) is 4.72 Å². The Morgan fingerprint density at radius 1 is 1.33 bits per heavy atom. The van der Waals surface area contributed by atoms with Crippen LogP contribution in [0.5, 0.6) is 0 Å². The number of amides is 1. The Kier molecular flexibility index (Phi) is 7.24. The zero-order valence-corrected chi connectivity index (χ0v) is 19.7. The molecule has 3 rings (SSSR count). The summed E-state index contributed by atoms with van der Waals surface area (Å²) in [6, 6.07) is 8.31. The number of halogens is 1. The van der Waals surface area contributed by atoms with Crippen molar-refractivity contribution in [2.24, 2.45) is 0 Å². The van der Waals surface area contributed by atoms with Gasteiger partial charge >= 0.3 is 0 Å². The van der Waals surface area contributed by atoms with Gasteiger partial charge in [0.1, 0.15) is 4.90 Å². The Hall–Kier alpha value is -1.45. The average molecular weight is 471 g/mol. The van der Waals surface area contributed by atoms with E-state index in [1.54, 1.807) is 43.1 Å². The second-order valence-electron chi connectivity index (χ2n) is 8.40. The van der Waals surface area contributed by atoms with Crippen molar-refractivity contribution in [2.75, 3.05) is 13.2 Å². The highest BCUT2D eigenvalue weighted by molar-refractivity contribution is 7.89. The van der Waals surface area contributed by atoms with Crippen LogP contribution in [-0.4, -0.2) is 44.0 Å². The molecule has 2 heterocycles. The van der Waals surface area contributed by atoms with Gasteiger partial charge in [0.25, 0.3) is 5.91 Å². The summed E-state index contributed by atoms with van der Waals surface area (Å²) in [4.78, 5) is 16.0. The van der Waals surface area contributed by atoms with E-state index in [1.807, 2.05) is 17.5 Å². The molecule has 6 nitrogen and oxygen atoms in total. The number of hydrogen-bond donors (Lipinski definition) is 1. The minimum Gasteiger partial charge on any atom is -0.376 e. The summed E-state index contributed by atoms with van der Waals surface area (Å²) < 4.78 is 33.9. The first-order valence-electron chi connectivity index (χ1n) is 9.82. The van der Waals surface area contributed by atoms with E-state index in [9.17, 15) is 13.2 Å². The van der Waals surface area contributed by atoms with E-state index in [-0.39, 0.29) is 27.5 Å². The fourth-order valence-corrected chi connectivity index (χ4v) is 5.99. The maximum atomic E-state index is 13.4. The van der Waals surface area contributed by atoms with Gasteiger partial charge in [0.05, 0.1) is 17.7 Å². The lowest BCUT2D eigenvalue weighted by Crippen LogP contribution is -2.40. The second kappa shape index (κ2) is 9.36. The molecule has 0 aliphatic carbocycles. The summed E-state index contributed by atoms with van der Waals surface area (Å²) in [5, 5.41) is 2.04. The Morgan fingerprint density at radius 2 is 2.10 bits per heavy atom. The number of nitrogens with zero attached hydrogens (tertiary/aromatic N) is 1. The van der Waals surface area contributed by atoms with E-state index in [0.717, 1.165) is 17.7 Å². The molecule has 1 aromatic heterocycles. The van der Waals surface area contributed by atoms with Crippen LogP contribution in [0.1, 0.15) is 48.8 Å². The summed E-state index contributed by atoms with van der Waals surface area (Å²) in [5.41, 5.74) is -0.393. The molecule has 0 radical (unpaired) electrons. The Labute approximate surface area is 187 Å². The van der Waals surface area contributed by atoms with Crippen molar-refractivity contribution in [3.8, 4) is 0 Å². The molecule has 1 aliphatic rings. The highest BCUT2D eigenvalue weighted by Crippen LogP contribution is 2.26. The molecule has 1 aromatic carbocycles. The summed E-state index contributed by atoms with van der Waals surface area (Å²) in [6.07, 6.45) is 1.88. The lowest BCUT2D eigenvalue weighted by Gasteiger charge is -2.26. The van der Waals surface area contributed by atoms with Gasteiger partial charge in [-0.05, 0) is 63.3 Å². The zero-order valence-electron chi connectivity index (χ0n) is 17.4. The molecule has 9 heteroatoms. The van der Waals surface area contributed by atoms with E-state index in [0.29, 0.717) is 19.7 Å². The minimum atomic E-state index is -3.88. The maximum Gasteiger partial charge on any atom is 0.254 e. The van der Waals surface area contributed by atoms with E-state index >= 15 is 0 Å². The lowest BCUT2D eigenvalue weighted by molar-refractivity contribution is 0.0509. The molecule has 0 spiro atoms. The number of hydrogen-bond acceptors (Lipinski definition) is 5. The van der Waals surface area contributed by atoms with Gasteiger partial charge in [-0.3, -0.25) is 4.79 Å². The number of sulfonamides is 1. The van der Waals surface area contributed by atoms with Crippen LogP contribution in [0.2, 0.25) is 5.02 Å². The molecule has 1 amide bonds. The number of carbonyl (C=O) groups is 1. The molecule has 1 saturated heterocycles. The average Bonchev–Trinajstić information content (AvgIpc) is 3.33. The van der Waals surface area contributed by atoms with Crippen molar-refractivity contribution in [3.05, 3.63) is 51.2 Å². The van der Waals surface area contributed by atoms with Gasteiger partial charge in [-0.1, -0.05) is 17.7 Å². The Bertz CT molecular complexity index is 979. The SMILES string of the molecule is CC(C)(C)NS(=O)(=O)c1cc(C(=O)N(Cc2cccs2)CC2CCCO2)ccc1Cl. The van der Waals surface area contributed by atoms with E-state index < -0.39 is 15.6 Å². The summed E-state index contributed by atoms with van der Waals surface area (Å²) >= 11 is 7.76. The van der Waals surface area contributed by atoms with Crippen LogP contribution in [0.25, 0.3) is 0 Å². The number of rotatable bonds is 7. The van der Waals surface area contributed by atoms with Crippen LogP contribution in [0.3, 0.4) is 0 Å². The van der Waals surface area contributed by atoms with Gasteiger partial charge < -0.3 is 9.64 Å². The van der Waals surface area contributed by atoms with Crippen LogP contribution in [0.15, 0.2) is 40.6 Å². The molecular formula is C21H27ClN2O4S2. The van der Waals surface area contributed by atoms with Gasteiger partial charge in [0.2, 0.25) is 10.0 Å².